The Hall–Kier alpha value is -12.7. The summed E-state index contributed by atoms with van der Waals surface area (Å²) >= 11 is 6.34. The first-order chi connectivity index (χ1) is 69.1. The van der Waals surface area contributed by atoms with E-state index in [0.717, 1.165) is 89.6 Å². The monoisotopic (exact) mass is 2020 g/mol. The summed E-state index contributed by atoms with van der Waals surface area (Å²) in [6, 6.07) is 63.8. The number of benzene rings is 8. The molecule has 8 aromatic carbocycles. The second-order valence-corrected chi connectivity index (χ2v) is 42.8. The number of Topliss-reactive ketones (excluding diaryl/α,β-unsaturated/α-hetero) is 3. The number of rotatable bonds is 55. The number of carbonyl (C=O) groups excluding carboxylic acids is 12. The molecule has 12 aromatic rings. The number of nitrogens with one attached hydrogen (secondary N) is 5. The van der Waals surface area contributed by atoms with E-state index in [-0.39, 0.29) is 120 Å². The number of allylic oxidation sites excluding steroid dienone is 4. The smallest absolute Gasteiger partial charge is 0.224 e. The van der Waals surface area contributed by atoms with E-state index in [1.807, 2.05) is 159 Å². The largest absolute Gasteiger partial charge is 0.359 e. The van der Waals surface area contributed by atoms with Gasteiger partial charge in [-0.05, 0) is 206 Å². The van der Waals surface area contributed by atoms with Gasteiger partial charge in [-0.15, -0.1) is 45.3 Å². The van der Waals surface area contributed by atoms with Crippen molar-refractivity contribution >= 4 is 156 Å². The Morgan fingerprint density at radius 3 is 0.778 bits per heavy atom. The van der Waals surface area contributed by atoms with Crippen molar-refractivity contribution in [3.8, 4) is 0 Å². The van der Waals surface area contributed by atoms with Crippen LogP contribution in [0.3, 0.4) is 0 Å². The summed E-state index contributed by atoms with van der Waals surface area (Å²) in [6.45, 7) is 36.8. The number of hydrogen-bond donors (Lipinski definition) is 5. The number of nitrogens with zero attached hydrogens (tertiary/aromatic N) is 4. The predicted octanol–water partition coefficient (Wildman–Crippen LogP) is 23.6. The molecular weight excluding hydrogens is 1880 g/mol. The molecule has 8 atom stereocenters. The standard InChI is InChI=1S/C31H38N2O3S.C30H36N2O3S.C29H35N3O3S.C29H34N2O3S/c1-5-10-27(35)18-24(20-30-33-28-16-13-23(21(3)4)19-29(28)37-30)31(36)32-25(14-15-26(34)6-2)17-22-11-8-7-9-12-22;1-5-25(33)14-13-24(16-21-10-8-7-9-11-21)31-30(35)23(17-26(34)6-2)19-29-32-27-15-12-22(20(3)4)18-28(27)36-29;1-5-24(33)13-12-23(15-20-9-7-6-8-10-20)31-29(35)22(17-27(34)30-4)18-28-32-25-14-11-21(19(2)3)16-26(25)36-28;1-5-25(33)13-12-24(16-21-9-7-6-8-10-21)30-29(34)23(15-20(4)32)18-28-31-26-14-11-22(19(2)3)17-27(26)35-28/h6-9,11-13,16,19,21,24-25H,2,5,10,14-15,17-18,20H2,1,3-4H3,(H,32,36);5,7-12,15,18,20,23-24H,1,6,13-14,16-17,19H2,2-4H3,(H,31,35);5-11,14,16,19,22-23H,1,12-13,15,17-18H2,2-4H3,(H,30,34)(H,31,35);5-11,14,17,19,23-24H,1,12-13,15-16,18H2,2-4H3,(H,30,34)/t24-,25+;23-,24+;22-,23+;23-,24+/m0000/s1. The molecule has 0 aliphatic rings. The zero-order valence-electron chi connectivity index (χ0n) is 85.6. The Balaban J connectivity index is 0.000000214. The minimum absolute atomic E-state index is 0.0326. The van der Waals surface area contributed by atoms with Gasteiger partial charge < -0.3 is 31.4 Å². The Morgan fingerprint density at radius 2 is 0.556 bits per heavy atom. The third-order valence-corrected chi connectivity index (χ3v) is 29.5. The number of thiazole rings is 4. The summed E-state index contributed by atoms with van der Waals surface area (Å²) < 4.78 is 4.38. The van der Waals surface area contributed by atoms with Gasteiger partial charge in [-0.2, -0.15) is 0 Å². The highest BCUT2D eigenvalue weighted by Gasteiger charge is 2.32. The average Bonchev–Trinajstić information content (AvgIpc) is 1.69. The molecule has 0 saturated heterocycles. The molecule has 144 heavy (non-hydrogen) atoms. The molecular formula is C119H143N9O12S4. The van der Waals surface area contributed by atoms with Crippen molar-refractivity contribution in [2.75, 3.05) is 7.05 Å². The third kappa shape index (κ3) is 38.8. The molecule has 0 fully saturated rings. The topological polar surface area (TPSA) is 317 Å². The SMILES string of the molecule is C=CC(=O)CC[C@H](Cc1ccccc1)NC(=O)[C@@H](CC(=O)CC)Cc1nc2ccc(C(C)C)cc2s1.C=CC(=O)CC[C@H](Cc1ccccc1)NC(=O)[C@@H](CC(=O)CCC)Cc1nc2ccc(C(C)C)cc2s1.C=CC(=O)CC[C@H](Cc1ccccc1)NC(=O)[C@@H](CC(=O)NC)Cc1nc2ccc(C(C)C)cc2s1.C=CC(=O)CC[C@H](Cc1ccccc1)NC(=O)[C@@H](CC(C)=O)Cc1nc2ccc(C(C)C)cc2s1. The van der Waals surface area contributed by atoms with E-state index in [0.29, 0.717) is 139 Å². The molecule has 0 bridgehead atoms. The zero-order chi connectivity index (χ0) is 104. The number of hydrogen-bond acceptors (Lipinski definition) is 20. The van der Waals surface area contributed by atoms with Crippen molar-refractivity contribution in [1.82, 2.24) is 46.5 Å². The molecule has 0 radical (unpaired) electrons. The van der Waals surface area contributed by atoms with E-state index >= 15 is 0 Å². The maximum absolute atomic E-state index is 13.6. The van der Waals surface area contributed by atoms with Gasteiger partial charge in [0.05, 0.1) is 84.6 Å². The third-order valence-electron chi connectivity index (χ3n) is 25.3. The Kier molecular flexibility index (Phi) is 47.5. The van der Waals surface area contributed by atoms with Crippen LogP contribution in [0.1, 0.15) is 261 Å². The van der Waals surface area contributed by atoms with Crippen LogP contribution in [0.25, 0.3) is 40.9 Å². The zero-order valence-corrected chi connectivity index (χ0v) is 88.9. The minimum Gasteiger partial charge on any atom is -0.359 e. The molecule has 0 unspecified atom stereocenters. The Morgan fingerprint density at radius 1 is 0.312 bits per heavy atom. The average molecular weight is 2020 g/mol. The van der Waals surface area contributed by atoms with Crippen LogP contribution in [0.5, 0.6) is 0 Å². The van der Waals surface area contributed by atoms with Gasteiger partial charge in [-0.25, -0.2) is 19.9 Å². The molecule has 0 aliphatic carbocycles. The molecule has 25 heteroatoms. The van der Waals surface area contributed by atoms with Crippen LogP contribution in [0.15, 0.2) is 245 Å². The summed E-state index contributed by atoms with van der Waals surface area (Å²) in [6.07, 6.45) is 14.8. The van der Waals surface area contributed by atoms with E-state index in [9.17, 15) is 57.5 Å². The highest BCUT2D eigenvalue weighted by atomic mass is 32.1. The first-order valence-corrected chi connectivity index (χ1v) is 53.7. The van der Waals surface area contributed by atoms with E-state index in [2.05, 4.69) is 157 Å². The van der Waals surface area contributed by atoms with E-state index in [4.69, 9.17) is 19.9 Å². The second kappa shape index (κ2) is 59.5. The van der Waals surface area contributed by atoms with Crippen molar-refractivity contribution in [3.63, 3.8) is 0 Å². The summed E-state index contributed by atoms with van der Waals surface area (Å²) in [4.78, 5) is 170. The first kappa shape index (κ1) is 115. The molecule has 0 aliphatic heterocycles. The summed E-state index contributed by atoms with van der Waals surface area (Å²) in [5.74, 6) is -1.35. The molecule has 21 nitrogen and oxygen atoms in total. The van der Waals surface area contributed by atoms with Gasteiger partial charge in [0, 0.05) is 121 Å². The van der Waals surface area contributed by atoms with Crippen molar-refractivity contribution in [2.24, 2.45) is 23.7 Å². The van der Waals surface area contributed by atoms with Gasteiger partial charge in [0.25, 0.3) is 0 Å². The van der Waals surface area contributed by atoms with Gasteiger partial charge in [0.15, 0.2) is 23.1 Å². The highest BCUT2D eigenvalue weighted by molar-refractivity contribution is 7.19. The molecule has 760 valence electrons. The molecule has 0 saturated carbocycles. The van der Waals surface area contributed by atoms with Crippen LogP contribution < -0.4 is 26.6 Å². The van der Waals surface area contributed by atoms with Gasteiger partial charge >= 0.3 is 0 Å². The van der Waals surface area contributed by atoms with Crippen molar-refractivity contribution in [3.05, 3.63) is 309 Å². The summed E-state index contributed by atoms with van der Waals surface area (Å²) in [5, 5.41) is 18.6. The molecule has 5 N–H and O–H groups in total. The molecule has 4 heterocycles. The molecule has 0 spiro atoms. The van der Waals surface area contributed by atoms with Crippen LogP contribution in [0.4, 0.5) is 0 Å². The van der Waals surface area contributed by atoms with Gasteiger partial charge in [0.2, 0.25) is 29.5 Å². The molecule has 5 amide bonds. The lowest BCUT2D eigenvalue weighted by molar-refractivity contribution is -0.130. The fourth-order valence-corrected chi connectivity index (χ4v) is 21.2. The van der Waals surface area contributed by atoms with Crippen molar-refractivity contribution in [1.29, 1.82) is 0 Å². The number of fused-ring (bicyclic) bond motifs is 4. The predicted molar refractivity (Wildman–Crippen MR) is 588 cm³/mol. The number of carbonyl (C=O) groups is 12. The Labute approximate surface area is 865 Å². The van der Waals surface area contributed by atoms with E-state index in [1.54, 1.807) is 52.4 Å². The van der Waals surface area contributed by atoms with Crippen molar-refractivity contribution < 1.29 is 57.5 Å². The summed E-state index contributed by atoms with van der Waals surface area (Å²) in [5.41, 5.74) is 13.0. The minimum atomic E-state index is -0.566. The lowest BCUT2D eigenvalue weighted by atomic mass is 9.94. The van der Waals surface area contributed by atoms with Crippen LogP contribution >= 0.6 is 45.3 Å². The lowest BCUT2D eigenvalue weighted by Gasteiger charge is -2.22. The van der Waals surface area contributed by atoms with Crippen LogP contribution in [0.2, 0.25) is 0 Å². The molecule has 12 rings (SSSR count). The number of aromatic nitrogens is 4. The first-order valence-electron chi connectivity index (χ1n) is 50.4. The van der Waals surface area contributed by atoms with Gasteiger partial charge in [0.1, 0.15) is 17.3 Å². The van der Waals surface area contributed by atoms with Gasteiger partial charge in [-0.3, -0.25) is 52.7 Å². The second-order valence-electron chi connectivity index (χ2n) is 38.4. The van der Waals surface area contributed by atoms with Gasteiger partial charge in [-0.1, -0.05) is 241 Å². The normalized spacial score (nSPS) is 12.9. The van der Waals surface area contributed by atoms with Crippen LogP contribution in [-0.4, -0.2) is 121 Å². The quantitative estimate of drug-likeness (QED) is 0.0221. The lowest BCUT2D eigenvalue weighted by Crippen LogP contribution is -2.42. The van der Waals surface area contributed by atoms with Crippen LogP contribution in [-0.2, 0) is 109 Å². The fraction of sp³-hybridized carbons (Fsp3) is 0.395. The number of amides is 5. The van der Waals surface area contributed by atoms with E-state index in [1.165, 1.54) is 53.5 Å². The highest BCUT2D eigenvalue weighted by Crippen LogP contribution is 2.35. The number of ketones is 7. The van der Waals surface area contributed by atoms with E-state index < -0.39 is 23.7 Å². The van der Waals surface area contributed by atoms with Crippen LogP contribution in [0, 0.1) is 23.7 Å². The molecule has 4 aromatic heterocycles. The maximum Gasteiger partial charge on any atom is 0.224 e. The fourth-order valence-electron chi connectivity index (χ4n) is 16.8. The Bertz CT molecular complexity index is 6130. The summed E-state index contributed by atoms with van der Waals surface area (Å²) in [7, 11) is 1.57. The van der Waals surface area contributed by atoms with Crippen molar-refractivity contribution in [2.45, 2.75) is 272 Å². The maximum atomic E-state index is 13.6.